The molecule has 2 rings (SSSR count). The van der Waals surface area contributed by atoms with Crippen molar-refractivity contribution in [3.8, 4) is 0 Å². The van der Waals surface area contributed by atoms with E-state index in [4.69, 9.17) is 16.3 Å². The van der Waals surface area contributed by atoms with E-state index in [-0.39, 0.29) is 0 Å². The van der Waals surface area contributed by atoms with E-state index in [2.05, 4.69) is 43.1 Å². The first-order valence-corrected chi connectivity index (χ1v) is 8.33. The molecule has 1 aliphatic rings. The topological polar surface area (TPSA) is 24.5 Å². The van der Waals surface area contributed by atoms with Crippen LogP contribution in [0.2, 0.25) is 5.02 Å². The van der Waals surface area contributed by atoms with Gasteiger partial charge in [-0.25, -0.2) is 0 Å². The Balaban J connectivity index is 1.96. The Morgan fingerprint density at radius 1 is 1.29 bits per heavy atom. The van der Waals surface area contributed by atoms with E-state index in [0.717, 1.165) is 37.6 Å². The molecule has 1 fully saturated rings. The summed E-state index contributed by atoms with van der Waals surface area (Å²) < 4.78 is 5.80. The van der Waals surface area contributed by atoms with E-state index in [1.54, 1.807) is 0 Å². The van der Waals surface area contributed by atoms with Gasteiger partial charge >= 0.3 is 0 Å². The molecule has 3 nitrogen and oxygen atoms in total. The first-order valence-electron chi connectivity index (χ1n) is 7.95. The number of benzene rings is 1. The number of halogens is 1. The zero-order valence-electron chi connectivity index (χ0n) is 13.3. The van der Waals surface area contributed by atoms with Crippen LogP contribution >= 0.6 is 11.6 Å². The minimum atomic E-state index is 0.317. The number of nitrogens with one attached hydrogen (secondary N) is 1. The zero-order valence-corrected chi connectivity index (χ0v) is 14.1. The van der Waals surface area contributed by atoms with E-state index in [1.807, 2.05) is 12.1 Å². The summed E-state index contributed by atoms with van der Waals surface area (Å²) in [6.45, 7) is 10.5. The number of morpholine rings is 1. The molecule has 0 amide bonds. The fraction of sp³-hybridized carbons (Fsp3) is 0.647. The van der Waals surface area contributed by atoms with Crippen molar-refractivity contribution < 1.29 is 4.74 Å². The van der Waals surface area contributed by atoms with Gasteiger partial charge in [-0.3, -0.25) is 4.90 Å². The Kier molecular flexibility index (Phi) is 6.49. The van der Waals surface area contributed by atoms with Gasteiger partial charge in [0.15, 0.2) is 0 Å². The van der Waals surface area contributed by atoms with Crippen LogP contribution < -0.4 is 5.32 Å². The van der Waals surface area contributed by atoms with Gasteiger partial charge in [0.05, 0.1) is 12.2 Å². The van der Waals surface area contributed by atoms with Gasteiger partial charge in [0.25, 0.3) is 0 Å². The van der Waals surface area contributed by atoms with Crippen molar-refractivity contribution in [2.75, 3.05) is 26.2 Å². The first-order chi connectivity index (χ1) is 10.1. The Bertz CT molecular complexity index is 431. The lowest BCUT2D eigenvalue weighted by molar-refractivity contribution is -0.0685. The summed E-state index contributed by atoms with van der Waals surface area (Å²) >= 11 is 6.35. The molecule has 0 radical (unpaired) electrons. The normalized spacial score (nSPS) is 25.0. The predicted octanol–water partition coefficient (Wildman–Crippen LogP) is 3.49. The monoisotopic (exact) mass is 310 g/mol. The lowest BCUT2D eigenvalue weighted by atomic mass is 10.0. The van der Waals surface area contributed by atoms with Crippen molar-refractivity contribution in [1.82, 2.24) is 10.2 Å². The summed E-state index contributed by atoms with van der Waals surface area (Å²) in [7, 11) is 0. The highest BCUT2D eigenvalue weighted by molar-refractivity contribution is 6.31. The zero-order chi connectivity index (χ0) is 15.2. The molecule has 1 aliphatic heterocycles. The Labute approximate surface area is 133 Å². The Morgan fingerprint density at radius 3 is 2.57 bits per heavy atom. The third kappa shape index (κ3) is 4.96. The molecular formula is C17H27ClN2O. The largest absolute Gasteiger partial charge is 0.373 e. The quantitative estimate of drug-likeness (QED) is 0.870. The fourth-order valence-electron chi connectivity index (χ4n) is 3.15. The summed E-state index contributed by atoms with van der Waals surface area (Å²) in [6.07, 6.45) is 1.72. The Hall–Kier alpha value is -0.610. The van der Waals surface area contributed by atoms with Crippen molar-refractivity contribution in [1.29, 1.82) is 0 Å². The molecule has 1 unspecified atom stereocenters. The van der Waals surface area contributed by atoms with Crippen LogP contribution in [0.3, 0.4) is 0 Å². The summed E-state index contributed by atoms with van der Waals surface area (Å²) in [5.41, 5.74) is 1.20. The van der Waals surface area contributed by atoms with Crippen molar-refractivity contribution in [3.63, 3.8) is 0 Å². The molecular weight excluding hydrogens is 284 g/mol. The standard InChI is InChI=1S/C17H27ClN2O/c1-4-19-17(15-7-5-6-8-16(15)18)9-10-20-11-13(2)21-14(3)12-20/h5-8,13-14,17,19H,4,9-12H2,1-3H3/t13-,14+,17?. The van der Waals surface area contributed by atoms with E-state index in [1.165, 1.54) is 5.56 Å². The van der Waals surface area contributed by atoms with E-state index < -0.39 is 0 Å². The van der Waals surface area contributed by atoms with Crippen LogP contribution in [0.15, 0.2) is 24.3 Å². The highest BCUT2D eigenvalue weighted by Crippen LogP contribution is 2.25. The molecule has 1 N–H and O–H groups in total. The van der Waals surface area contributed by atoms with Gasteiger partial charge in [0.1, 0.15) is 0 Å². The SMILES string of the molecule is CCNC(CCN1C[C@@H](C)O[C@@H](C)C1)c1ccccc1Cl. The van der Waals surface area contributed by atoms with Crippen LogP contribution in [0.4, 0.5) is 0 Å². The fourth-order valence-corrected chi connectivity index (χ4v) is 3.42. The van der Waals surface area contributed by atoms with E-state index in [0.29, 0.717) is 18.2 Å². The van der Waals surface area contributed by atoms with Gasteiger partial charge in [-0.1, -0.05) is 36.7 Å². The second-order valence-electron chi connectivity index (χ2n) is 5.94. The lowest BCUT2D eigenvalue weighted by Gasteiger charge is -2.36. The maximum atomic E-state index is 6.35. The van der Waals surface area contributed by atoms with Crippen LogP contribution in [-0.2, 0) is 4.74 Å². The summed E-state index contributed by atoms with van der Waals surface area (Å²) in [5, 5.41) is 4.41. The maximum Gasteiger partial charge on any atom is 0.0678 e. The molecule has 0 spiro atoms. The van der Waals surface area contributed by atoms with Gasteiger partial charge in [-0.2, -0.15) is 0 Å². The van der Waals surface area contributed by atoms with Crippen LogP contribution in [0.5, 0.6) is 0 Å². The van der Waals surface area contributed by atoms with Crippen LogP contribution in [0.25, 0.3) is 0 Å². The predicted molar refractivity (Wildman–Crippen MR) is 88.9 cm³/mol. The number of rotatable bonds is 6. The molecule has 118 valence electrons. The van der Waals surface area contributed by atoms with Gasteiger partial charge in [-0.15, -0.1) is 0 Å². The van der Waals surface area contributed by atoms with Gasteiger partial charge in [0, 0.05) is 30.7 Å². The van der Waals surface area contributed by atoms with Crippen LogP contribution in [0, 0.1) is 0 Å². The minimum absolute atomic E-state index is 0.317. The molecule has 0 saturated carbocycles. The van der Waals surface area contributed by atoms with Crippen molar-refractivity contribution in [2.24, 2.45) is 0 Å². The summed E-state index contributed by atoms with van der Waals surface area (Å²) in [6, 6.07) is 8.46. The third-order valence-electron chi connectivity index (χ3n) is 3.96. The number of nitrogens with zero attached hydrogens (tertiary/aromatic N) is 1. The van der Waals surface area contributed by atoms with Gasteiger partial charge in [0.2, 0.25) is 0 Å². The number of hydrogen-bond acceptors (Lipinski definition) is 3. The summed E-state index contributed by atoms with van der Waals surface area (Å²) in [5.74, 6) is 0. The lowest BCUT2D eigenvalue weighted by Crippen LogP contribution is -2.46. The molecule has 0 aliphatic carbocycles. The molecule has 21 heavy (non-hydrogen) atoms. The van der Waals surface area contributed by atoms with Crippen LogP contribution in [0.1, 0.15) is 38.8 Å². The highest BCUT2D eigenvalue weighted by Gasteiger charge is 2.23. The van der Waals surface area contributed by atoms with E-state index >= 15 is 0 Å². The molecule has 1 aromatic rings. The third-order valence-corrected chi connectivity index (χ3v) is 4.30. The Morgan fingerprint density at radius 2 is 1.95 bits per heavy atom. The average molecular weight is 311 g/mol. The molecule has 3 atom stereocenters. The second-order valence-corrected chi connectivity index (χ2v) is 6.34. The van der Waals surface area contributed by atoms with Crippen molar-refractivity contribution in [3.05, 3.63) is 34.9 Å². The molecule has 1 saturated heterocycles. The number of ether oxygens (including phenoxy) is 1. The molecule has 0 bridgehead atoms. The number of hydrogen-bond donors (Lipinski definition) is 1. The molecule has 0 aromatic heterocycles. The van der Waals surface area contributed by atoms with Gasteiger partial charge < -0.3 is 10.1 Å². The van der Waals surface area contributed by atoms with E-state index in [9.17, 15) is 0 Å². The van der Waals surface area contributed by atoms with Gasteiger partial charge in [-0.05, 0) is 38.4 Å². The molecule has 1 aromatic carbocycles. The average Bonchev–Trinajstić information content (AvgIpc) is 2.43. The molecule has 1 heterocycles. The van der Waals surface area contributed by atoms with Crippen LogP contribution in [-0.4, -0.2) is 43.3 Å². The highest BCUT2D eigenvalue weighted by atomic mass is 35.5. The first kappa shape index (κ1) is 16.8. The minimum Gasteiger partial charge on any atom is -0.373 e. The van der Waals surface area contributed by atoms with Crippen molar-refractivity contribution in [2.45, 2.75) is 45.4 Å². The second kappa shape index (κ2) is 8.14. The van der Waals surface area contributed by atoms with Crippen molar-refractivity contribution >= 4 is 11.6 Å². The smallest absolute Gasteiger partial charge is 0.0678 e. The maximum absolute atomic E-state index is 6.35. The molecule has 4 heteroatoms. The summed E-state index contributed by atoms with van der Waals surface area (Å²) in [4.78, 5) is 2.50.